The first-order valence-corrected chi connectivity index (χ1v) is 6.93. The van der Waals surface area contributed by atoms with Crippen molar-refractivity contribution in [1.29, 1.82) is 5.26 Å². The van der Waals surface area contributed by atoms with Gasteiger partial charge in [-0.25, -0.2) is 0 Å². The van der Waals surface area contributed by atoms with Crippen LogP contribution < -0.4 is 10.2 Å². The van der Waals surface area contributed by atoms with Crippen molar-refractivity contribution in [3.8, 4) is 6.07 Å². The second kappa shape index (κ2) is 5.59. The van der Waals surface area contributed by atoms with Crippen molar-refractivity contribution < 1.29 is 9.68 Å². The smallest absolute Gasteiger partial charge is 0.423 e. The number of nitrogens with one attached hydrogen (secondary N) is 1. The van der Waals surface area contributed by atoms with E-state index in [4.69, 9.17) is 9.92 Å². The molecule has 1 aliphatic rings. The lowest BCUT2D eigenvalue weighted by molar-refractivity contribution is 0.275. The number of hydrogen-bond donors (Lipinski definition) is 2. The van der Waals surface area contributed by atoms with Crippen LogP contribution in [-0.2, 0) is 11.3 Å². The molecular weight excluding hydrogens is 271 g/mol. The molecule has 2 aromatic rings. The minimum Gasteiger partial charge on any atom is -0.423 e. The fourth-order valence-electron chi connectivity index (χ4n) is 2.03. The first kappa shape index (κ1) is 13.1. The number of hydrogen-bond acceptors (Lipinski definition) is 5. The molecular formula is C14H11BN2O2S. The first-order valence-electron chi connectivity index (χ1n) is 6.12. The van der Waals surface area contributed by atoms with Crippen LogP contribution in [0.25, 0.3) is 0 Å². The Morgan fingerprint density at radius 2 is 2.20 bits per heavy atom. The van der Waals surface area contributed by atoms with Gasteiger partial charge < -0.3 is 14.4 Å². The third-order valence-electron chi connectivity index (χ3n) is 3.06. The SMILES string of the molecule is N#Cc1cccc(SNc2ccc3c(c2)B(O)OC3)c1. The lowest BCUT2D eigenvalue weighted by atomic mass is 9.79. The van der Waals surface area contributed by atoms with Gasteiger partial charge in [-0.1, -0.05) is 12.1 Å². The number of anilines is 1. The molecule has 0 aliphatic carbocycles. The molecule has 0 aromatic heterocycles. The van der Waals surface area contributed by atoms with Crippen molar-refractivity contribution in [3.05, 3.63) is 53.6 Å². The lowest BCUT2D eigenvalue weighted by Crippen LogP contribution is -2.28. The summed E-state index contributed by atoms with van der Waals surface area (Å²) in [5.41, 5.74) is 3.34. The third kappa shape index (κ3) is 2.65. The van der Waals surface area contributed by atoms with E-state index in [1.54, 1.807) is 6.07 Å². The Hall–Kier alpha value is -1.94. The topological polar surface area (TPSA) is 65.3 Å². The average Bonchev–Trinajstić information content (AvgIpc) is 2.86. The number of nitriles is 1. The summed E-state index contributed by atoms with van der Waals surface area (Å²) in [6.45, 7) is 0.453. The average molecular weight is 282 g/mol. The Balaban J connectivity index is 1.73. The van der Waals surface area contributed by atoms with Crippen molar-refractivity contribution in [2.45, 2.75) is 11.5 Å². The Morgan fingerprint density at radius 3 is 3.05 bits per heavy atom. The van der Waals surface area contributed by atoms with Crippen LogP contribution in [-0.4, -0.2) is 12.1 Å². The largest absolute Gasteiger partial charge is 0.491 e. The maximum Gasteiger partial charge on any atom is 0.491 e. The first-order chi connectivity index (χ1) is 9.76. The van der Waals surface area contributed by atoms with Gasteiger partial charge in [0, 0.05) is 10.6 Å². The summed E-state index contributed by atoms with van der Waals surface area (Å²) in [7, 11) is -0.835. The highest BCUT2D eigenvalue weighted by molar-refractivity contribution is 8.00. The molecule has 2 N–H and O–H groups in total. The molecule has 20 heavy (non-hydrogen) atoms. The summed E-state index contributed by atoms with van der Waals surface area (Å²) < 4.78 is 8.36. The highest BCUT2D eigenvalue weighted by Crippen LogP contribution is 2.23. The maximum atomic E-state index is 9.67. The third-order valence-corrected chi connectivity index (χ3v) is 3.89. The van der Waals surface area contributed by atoms with Gasteiger partial charge in [0.2, 0.25) is 0 Å². The van der Waals surface area contributed by atoms with E-state index in [1.165, 1.54) is 11.9 Å². The Bertz CT molecular complexity index is 687. The zero-order valence-electron chi connectivity index (χ0n) is 10.5. The molecule has 0 saturated carbocycles. The monoisotopic (exact) mass is 282 g/mol. The van der Waals surface area contributed by atoms with E-state index in [2.05, 4.69) is 10.8 Å². The molecule has 1 aliphatic heterocycles. The van der Waals surface area contributed by atoms with Crippen molar-refractivity contribution in [2.24, 2.45) is 0 Å². The van der Waals surface area contributed by atoms with Gasteiger partial charge in [-0.05, 0) is 53.3 Å². The number of nitrogens with zero attached hydrogens (tertiary/aromatic N) is 1. The van der Waals surface area contributed by atoms with Gasteiger partial charge in [0.05, 0.1) is 18.2 Å². The quantitative estimate of drug-likeness (QED) is 0.665. The number of benzene rings is 2. The second-order valence-electron chi connectivity index (χ2n) is 4.42. The fraction of sp³-hybridized carbons (Fsp3) is 0.0714. The van der Waals surface area contributed by atoms with E-state index >= 15 is 0 Å². The van der Waals surface area contributed by atoms with Crippen molar-refractivity contribution in [1.82, 2.24) is 0 Å². The van der Waals surface area contributed by atoms with Gasteiger partial charge in [0.15, 0.2) is 0 Å². The van der Waals surface area contributed by atoms with Crippen LogP contribution in [0.4, 0.5) is 5.69 Å². The van der Waals surface area contributed by atoms with Crippen molar-refractivity contribution in [2.75, 3.05) is 4.72 Å². The molecule has 98 valence electrons. The molecule has 3 rings (SSSR count). The van der Waals surface area contributed by atoms with Gasteiger partial charge in [-0.15, -0.1) is 0 Å². The van der Waals surface area contributed by atoms with Crippen LogP contribution in [0.5, 0.6) is 0 Å². The van der Waals surface area contributed by atoms with Gasteiger partial charge in [-0.3, -0.25) is 0 Å². The van der Waals surface area contributed by atoms with E-state index in [9.17, 15) is 5.02 Å². The molecule has 2 aromatic carbocycles. The summed E-state index contributed by atoms with van der Waals surface area (Å²) in [6.07, 6.45) is 0. The zero-order valence-corrected chi connectivity index (χ0v) is 11.4. The molecule has 6 heteroatoms. The molecule has 0 radical (unpaired) electrons. The summed E-state index contributed by atoms with van der Waals surface area (Å²) >= 11 is 1.43. The molecule has 0 unspecified atom stereocenters. The Labute approximate surface area is 121 Å². The normalized spacial score (nSPS) is 12.9. The summed E-state index contributed by atoms with van der Waals surface area (Å²) in [4.78, 5) is 0.960. The molecule has 0 amide bonds. The van der Waals surface area contributed by atoms with Gasteiger partial charge in [0.25, 0.3) is 0 Å². The maximum absolute atomic E-state index is 9.67. The van der Waals surface area contributed by atoms with Crippen LogP contribution in [0.15, 0.2) is 47.4 Å². The summed E-state index contributed by atoms with van der Waals surface area (Å²) in [5.74, 6) is 0. The summed E-state index contributed by atoms with van der Waals surface area (Å²) in [6, 6.07) is 15.3. The number of fused-ring (bicyclic) bond motifs is 1. The van der Waals surface area contributed by atoms with E-state index in [1.807, 2.05) is 36.4 Å². The van der Waals surface area contributed by atoms with E-state index in [0.29, 0.717) is 12.2 Å². The van der Waals surface area contributed by atoms with Crippen LogP contribution in [0.3, 0.4) is 0 Å². The van der Waals surface area contributed by atoms with Crippen LogP contribution >= 0.6 is 11.9 Å². The zero-order chi connectivity index (χ0) is 13.9. The molecule has 0 fully saturated rings. The molecule has 1 heterocycles. The van der Waals surface area contributed by atoms with E-state index < -0.39 is 7.12 Å². The molecule has 0 saturated heterocycles. The minimum absolute atomic E-state index is 0.453. The van der Waals surface area contributed by atoms with Crippen molar-refractivity contribution in [3.63, 3.8) is 0 Å². The highest BCUT2D eigenvalue weighted by atomic mass is 32.2. The van der Waals surface area contributed by atoms with Gasteiger partial charge in [0.1, 0.15) is 0 Å². The van der Waals surface area contributed by atoms with Crippen molar-refractivity contribution >= 4 is 30.2 Å². The molecule has 0 atom stereocenters. The molecule has 0 spiro atoms. The van der Waals surface area contributed by atoms with E-state index in [0.717, 1.165) is 21.6 Å². The predicted octanol–water partition coefficient (Wildman–Crippen LogP) is 1.90. The van der Waals surface area contributed by atoms with Crippen LogP contribution in [0, 0.1) is 11.3 Å². The minimum atomic E-state index is -0.835. The molecule has 0 bridgehead atoms. The fourth-order valence-corrected chi connectivity index (χ4v) is 2.72. The standard InChI is InChI=1S/C14H11BN2O2S/c16-8-10-2-1-3-13(6-10)20-17-12-5-4-11-9-19-15(18)14(11)7-12/h1-7,17-18H,9H2. The lowest BCUT2D eigenvalue weighted by Gasteiger charge is -2.07. The Kier molecular flexibility index (Phi) is 3.65. The van der Waals surface area contributed by atoms with Crippen LogP contribution in [0.1, 0.15) is 11.1 Å². The van der Waals surface area contributed by atoms with E-state index in [-0.39, 0.29) is 0 Å². The summed E-state index contributed by atoms with van der Waals surface area (Å²) in [5, 5.41) is 18.5. The van der Waals surface area contributed by atoms with Gasteiger partial charge >= 0.3 is 7.12 Å². The second-order valence-corrected chi connectivity index (χ2v) is 5.30. The van der Waals surface area contributed by atoms with Gasteiger partial charge in [-0.2, -0.15) is 5.26 Å². The predicted molar refractivity (Wildman–Crippen MR) is 79.5 cm³/mol. The number of rotatable bonds is 3. The molecule has 4 nitrogen and oxygen atoms in total. The highest BCUT2D eigenvalue weighted by Gasteiger charge is 2.27. The Morgan fingerprint density at radius 1 is 1.30 bits per heavy atom. The van der Waals surface area contributed by atoms with Crippen LogP contribution in [0.2, 0.25) is 0 Å².